The van der Waals surface area contributed by atoms with Crippen LogP contribution in [0.1, 0.15) is 18.4 Å². The fourth-order valence-electron chi connectivity index (χ4n) is 3.18. The lowest BCUT2D eigenvalue weighted by molar-refractivity contribution is -0.118. The number of benzene rings is 2. The summed E-state index contributed by atoms with van der Waals surface area (Å²) in [4.78, 5) is 24.5. The molecule has 0 unspecified atom stereocenters. The molecule has 2 aromatic heterocycles. The summed E-state index contributed by atoms with van der Waals surface area (Å²) in [6, 6.07) is 16.5. The van der Waals surface area contributed by atoms with Crippen molar-refractivity contribution in [1.29, 1.82) is 0 Å². The number of carbonyl (C=O) groups is 1. The number of pyridine rings is 1. The number of halogens is 1. The molecule has 5 nitrogen and oxygen atoms in total. The number of thiazole rings is 1. The number of amides is 1. The Kier molecular flexibility index (Phi) is 7.34. The number of thioether (sulfide) groups is 1. The van der Waals surface area contributed by atoms with Crippen LogP contribution in [0.5, 0.6) is 5.75 Å². The molecule has 8 heteroatoms. The lowest BCUT2D eigenvalue weighted by Crippen LogP contribution is -2.30. The molecule has 0 saturated carbocycles. The van der Waals surface area contributed by atoms with Crippen LogP contribution in [0.2, 0.25) is 0 Å². The third-order valence-corrected chi connectivity index (χ3v) is 6.96. The predicted octanol–water partition coefficient (Wildman–Crippen LogP) is 5.94. The Labute approximate surface area is 194 Å². The van der Waals surface area contributed by atoms with Crippen molar-refractivity contribution in [3.63, 3.8) is 0 Å². The molecule has 0 bridgehead atoms. The molecular weight excluding hydrogens is 445 g/mol. The van der Waals surface area contributed by atoms with Gasteiger partial charge in [0.1, 0.15) is 17.1 Å². The zero-order chi connectivity index (χ0) is 22.3. The van der Waals surface area contributed by atoms with Crippen molar-refractivity contribution in [1.82, 2.24) is 9.97 Å². The van der Waals surface area contributed by atoms with Crippen molar-refractivity contribution in [2.24, 2.45) is 0 Å². The van der Waals surface area contributed by atoms with E-state index in [1.54, 1.807) is 42.2 Å². The molecule has 1 amide bonds. The van der Waals surface area contributed by atoms with E-state index in [0.29, 0.717) is 23.6 Å². The highest BCUT2D eigenvalue weighted by Gasteiger charge is 2.21. The number of hydrogen-bond acceptors (Lipinski definition) is 6. The second-order valence-electron chi connectivity index (χ2n) is 7.05. The van der Waals surface area contributed by atoms with E-state index in [1.165, 1.54) is 17.4 Å². The predicted molar refractivity (Wildman–Crippen MR) is 128 cm³/mol. The summed E-state index contributed by atoms with van der Waals surface area (Å²) in [6.45, 7) is 0.347. The summed E-state index contributed by atoms with van der Waals surface area (Å²) in [6.07, 6.45) is 4.52. The quantitative estimate of drug-likeness (QED) is 0.225. The van der Waals surface area contributed by atoms with Crippen molar-refractivity contribution in [3.05, 3.63) is 78.4 Å². The fraction of sp³-hybridized carbons (Fsp3) is 0.208. The molecule has 4 rings (SSSR count). The van der Waals surface area contributed by atoms with Gasteiger partial charge in [-0.2, -0.15) is 0 Å². The molecule has 32 heavy (non-hydrogen) atoms. The number of aromatic nitrogens is 2. The van der Waals surface area contributed by atoms with Crippen molar-refractivity contribution in [2.75, 3.05) is 17.8 Å². The molecule has 0 aliphatic carbocycles. The van der Waals surface area contributed by atoms with Gasteiger partial charge in [0.25, 0.3) is 0 Å². The van der Waals surface area contributed by atoms with E-state index in [0.717, 1.165) is 33.1 Å². The minimum atomic E-state index is -0.380. The third-order valence-electron chi connectivity index (χ3n) is 4.82. The molecule has 0 fully saturated rings. The Morgan fingerprint density at radius 3 is 2.72 bits per heavy atom. The van der Waals surface area contributed by atoms with Crippen LogP contribution in [0.15, 0.2) is 71.9 Å². The summed E-state index contributed by atoms with van der Waals surface area (Å²) in [7, 11) is 1.64. The van der Waals surface area contributed by atoms with Gasteiger partial charge in [-0.3, -0.25) is 14.7 Å². The van der Waals surface area contributed by atoms with E-state index in [4.69, 9.17) is 4.74 Å². The Morgan fingerprint density at radius 2 is 2.00 bits per heavy atom. The van der Waals surface area contributed by atoms with Gasteiger partial charge in [0.15, 0.2) is 5.13 Å². The highest BCUT2D eigenvalue weighted by molar-refractivity contribution is 7.99. The van der Waals surface area contributed by atoms with E-state index >= 15 is 0 Å². The second-order valence-corrected chi connectivity index (χ2v) is 9.23. The molecule has 0 N–H and O–H groups in total. The number of fused-ring (bicyclic) bond motifs is 1. The number of carbonyl (C=O) groups excluding carboxylic acids is 1. The molecule has 4 aromatic rings. The summed E-state index contributed by atoms with van der Waals surface area (Å²) >= 11 is 3.02. The Balaban J connectivity index is 1.44. The fourth-order valence-corrected chi connectivity index (χ4v) is 5.03. The van der Waals surface area contributed by atoms with Gasteiger partial charge in [-0.1, -0.05) is 23.5 Å². The SMILES string of the molecule is COc1ccc(SCCCC(=O)N(Cc2cccnc2)c2nc3c(F)cccc3s2)cc1. The highest BCUT2D eigenvalue weighted by atomic mass is 32.2. The van der Waals surface area contributed by atoms with Crippen LogP contribution in [-0.4, -0.2) is 28.7 Å². The normalized spacial score (nSPS) is 10.9. The monoisotopic (exact) mass is 467 g/mol. The van der Waals surface area contributed by atoms with Crippen molar-refractivity contribution < 1.29 is 13.9 Å². The molecule has 0 aliphatic rings. The zero-order valence-electron chi connectivity index (χ0n) is 17.5. The van der Waals surface area contributed by atoms with Crippen LogP contribution in [0.4, 0.5) is 9.52 Å². The van der Waals surface area contributed by atoms with Crippen molar-refractivity contribution >= 4 is 44.4 Å². The molecular formula is C24H22FN3O2S2. The molecule has 0 atom stereocenters. The average molecular weight is 468 g/mol. The average Bonchev–Trinajstić information content (AvgIpc) is 3.26. The van der Waals surface area contributed by atoms with Gasteiger partial charge >= 0.3 is 0 Å². The first kappa shape index (κ1) is 22.2. The molecule has 0 radical (unpaired) electrons. The number of ether oxygens (including phenoxy) is 1. The van der Waals surface area contributed by atoms with Crippen molar-refractivity contribution in [2.45, 2.75) is 24.3 Å². The van der Waals surface area contributed by atoms with E-state index in [-0.39, 0.29) is 11.7 Å². The largest absolute Gasteiger partial charge is 0.497 e. The second kappa shape index (κ2) is 10.6. The van der Waals surface area contributed by atoms with Gasteiger partial charge in [-0.25, -0.2) is 9.37 Å². The summed E-state index contributed by atoms with van der Waals surface area (Å²) in [5.74, 6) is 1.22. The highest BCUT2D eigenvalue weighted by Crippen LogP contribution is 2.32. The van der Waals surface area contributed by atoms with Gasteiger partial charge in [0.2, 0.25) is 5.91 Å². The molecule has 2 aromatic carbocycles. The first-order valence-corrected chi connectivity index (χ1v) is 12.0. The minimum Gasteiger partial charge on any atom is -0.497 e. The summed E-state index contributed by atoms with van der Waals surface area (Å²) in [5.41, 5.74) is 1.19. The number of anilines is 1. The van der Waals surface area contributed by atoms with Crippen LogP contribution in [0.3, 0.4) is 0 Å². The van der Waals surface area contributed by atoms with Crippen LogP contribution in [0.25, 0.3) is 10.2 Å². The molecule has 0 aliphatic heterocycles. The van der Waals surface area contributed by atoms with Crippen molar-refractivity contribution in [3.8, 4) is 5.75 Å². The summed E-state index contributed by atoms with van der Waals surface area (Å²) < 4.78 is 20.1. The van der Waals surface area contributed by atoms with E-state index in [9.17, 15) is 9.18 Å². The number of methoxy groups -OCH3 is 1. The van der Waals surface area contributed by atoms with Gasteiger partial charge in [-0.05, 0) is 60.2 Å². The topological polar surface area (TPSA) is 55.3 Å². The van der Waals surface area contributed by atoms with Crippen LogP contribution in [-0.2, 0) is 11.3 Å². The Bertz CT molecular complexity index is 1180. The zero-order valence-corrected chi connectivity index (χ0v) is 19.2. The molecule has 0 spiro atoms. The number of rotatable bonds is 9. The molecule has 164 valence electrons. The van der Waals surface area contributed by atoms with Crippen LogP contribution in [0, 0.1) is 5.82 Å². The number of hydrogen-bond donors (Lipinski definition) is 0. The van der Waals surface area contributed by atoms with E-state index in [2.05, 4.69) is 9.97 Å². The van der Waals surface area contributed by atoms with Gasteiger partial charge in [-0.15, -0.1) is 11.8 Å². The Morgan fingerprint density at radius 1 is 1.16 bits per heavy atom. The lowest BCUT2D eigenvalue weighted by Gasteiger charge is -2.20. The molecule has 0 saturated heterocycles. The lowest BCUT2D eigenvalue weighted by atomic mass is 10.2. The van der Waals surface area contributed by atoms with Gasteiger partial charge < -0.3 is 4.74 Å². The van der Waals surface area contributed by atoms with Gasteiger partial charge in [0.05, 0.1) is 18.4 Å². The van der Waals surface area contributed by atoms with Crippen LogP contribution < -0.4 is 9.64 Å². The summed E-state index contributed by atoms with van der Waals surface area (Å²) in [5, 5.41) is 0.502. The maximum absolute atomic E-state index is 14.2. The standard InChI is InChI=1S/C24H22FN3O2S2/c1-30-18-9-11-19(12-10-18)31-14-4-8-22(29)28(16-17-5-3-13-26-15-17)24-27-23-20(25)6-2-7-21(23)32-24/h2-3,5-7,9-13,15H,4,8,14,16H2,1H3. The molecule has 2 heterocycles. The number of nitrogens with zero attached hydrogens (tertiary/aromatic N) is 3. The first-order chi connectivity index (χ1) is 15.6. The third kappa shape index (κ3) is 5.44. The van der Waals surface area contributed by atoms with Gasteiger partial charge in [0, 0.05) is 23.7 Å². The maximum atomic E-state index is 14.2. The number of para-hydroxylation sites is 1. The van der Waals surface area contributed by atoms with E-state index in [1.807, 2.05) is 42.5 Å². The first-order valence-electron chi connectivity index (χ1n) is 10.2. The van der Waals surface area contributed by atoms with E-state index < -0.39 is 0 Å². The maximum Gasteiger partial charge on any atom is 0.229 e. The van der Waals surface area contributed by atoms with Crippen LogP contribution >= 0.6 is 23.1 Å². The Hall–Kier alpha value is -2.97. The minimum absolute atomic E-state index is 0.0383. The smallest absolute Gasteiger partial charge is 0.229 e.